The van der Waals surface area contributed by atoms with E-state index in [9.17, 15) is 13.2 Å². The molecule has 0 aromatic heterocycles. The van der Waals surface area contributed by atoms with Crippen LogP contribution in [0.4, 0.5) is 22.0 Å². The van der Waals surface area contributed by atoms with Gasteiger partial charge in [-0.2, -0.15) is 13.2 Å². The van der Waals surface area contributed by atoms with E-state index < -0.39 is 29.7 Å². The van der Waals surface area contributed by atoms with E-state index in [4.69, 9.17) is 9.47 Å². The number of halogens is 5. The van der Waals surface area contributed by atoms with Crippen molar-refractivity contribution in [3.05, 3.63) is 93.3 Å². The van der Waals surface area contributed by atoms with Gasteiger partial charge in [0.25, 0.3) is 0 Å². The number of rotatable bonds is 8. The summed E-state index contributed by atoms with van der Waals surface area (Å²) < 4.78 is 85.8. The van der Waals surface area contributed by atoms with Crippen molar-refractivity contribution in [2.45, 2.75) is 89.8 Å². The first-order valence-corrected chi connectivity index (χ1v) is 13.9. The first kappa shape index (κ1) is 27.6. The molecule has 0 N–H and O–H groups in total. The second-order valence-corrected chi connectivity index (χ2v) is 10.7. The van der Waals surface area contributed by atoms with E-state index in [1.165, 1.54) is 12.1 Å². The first-order valence-electron chi connectivity index (χ1n) is 13.9. The molecule has 2 nitrogen and oxygen atoms in total. The fraction of sp³-hybridized carbons (Fsp3) is 0.438. The van der Waals surface area contributed by atoms with Gasteiger partial charge in [0.15, 0.2) is 23.1 Å². The minimum Gasteiger partial charge on any atom is -0.450 e. The van der Waals surface area contributed by atoms with E-state index in [0.717, 1.165) is 24.8 Å². The summed E-state index contributed by atoms with van der Waals surface area (Å²) in [6.07, 6.45) is 0.512. The van der Waals surface area contributed by atoms with Crippen molar-refractivity contribution >= 4 is 0 Å². The van der Waals surface area contributed by atoms with Crippen molar-refractivity contribution in [1.82, 2.24) is 0 Å². The van der Waals surface area contributed by atoms with Crippen LogP contribution in [-0.4, -0.2) is 6.10 Å². The van der Waals surface area contributed by atoms with Gasteiger partial charge in [-0.3, -0.25) is 0 Å². The second kappa shape index (κ2) is 11.3. The lowest BCUT2D eigenvalue weighted by Gasteiger charge is -2.32. The van der Waals surface area contributed by atoms with Crippen molar-refractivity contribution in [3.63, 3.8) is 0 Å². The van der Waals surface area contributed by atoms with Crippen LogP contribution in [0.3, 0.4) is 0 Å². The molecule has 0 amide bonds. The largest absolute Gasteiger partial charge is 0.450 e. The summed E-state index contributed by atoms with van der Waals surface area (Å²) in [5.41, 5.74) is 2.53. The van der Waals surface area contributed by atoms with E-state index in [2.05, 4.69) is 0 Å². The molecule has 0 bridgehead atoms. The zero-order valence-corrected chi connectivity index (χ0v) is 22.3. The molecular formula is C32H33F5O2. The lowest BCUT2D eigenvalue weighted by molar-refractivity contribution is -0.277. The smallest absolute Gasteiger partial charge is 0.383 e. The van der Waals surface area contributed by atoms with Crippen LogP contribution in [0.15, 0.2) is 42.5 Å². The van der Waals surface area contributed by atoms with E-state index in [0.29, 0.717) is 48.8 Å². The highest BCUT2D eigenvalue weighted by Crippen LogP contribution is 2.46. The van der Waals surface area contributed by atoms with E-state index in [1.807, 2.05) is 13.8 Å². The topological polar surface area (TPSA) is 18.5 Å². The molecule has 0 saturated heterocycles. The lowest BCUT2D eigenvalue weighted by atomic mass is 9.81. The van der Waals surface area contributed by atoms with Gasteiger partial charge in [0.2, 0.25) is 5.82 Å². The van der Waals surface area contributed by atoms with Crippen molar-refractivity contribution in [3.8, 4) is 11.5 Å². The lowest BCUT2D eigenvalue weighted by Crippen LogP contribution is -2.29. The van der Waals surface area contributed by atoms with Crippen molar-refractivity contribution in [1.29, 1.82) is 0 Å². The molecule has 1 saturated carbocycles. The van der Waals surface area contributed by atoms with Crippen LogP contribution in [0, 0.1) is 17.5 Å². The number of hydrogen-bond donors (Lipinski definition) is 0. The predicted octanol–water partition coefficient (Wildman–Crippen LogP) is 9.50. The van der Waals surface area contributed by atoms with Crippen LogP contribution in [0.2, 0.25) is 0 Å². The fourth-order valence-corrected chi connectivity index (χ4v) is 5.80. The molecule has 2 aliphatic rings. The Morgan fingerprint density at radius 1 is 0.795 bits per heavy atom. The summed E-state index contributed by atoms with van der Waals surface area (Å²) in [5, 5.41) is 0. The predicted molar refractivity (Wildman–Crippen MR) is 140 cm³/mol. The van der Waals surface area contributed by atoms with Crippen LogP contribution < -0.4 is 4.74 Å². The van der Waals surface area contributed by atoms with Crippen LogP contribution in [0.5, 0.6) is 11.5 Å². The van der Waals surface area contributed by atoms with Gasteiger partial charge in [-0.15, -0.1) is 0 Å². The minimum atomic E-state index is -3.43. The molecule has 1 aliphatic heterocycles. The fourth-order valence-electron chi connectivity index (χ4n) is 5.80. The number of hydrogen-bond acceptors (Lipinski definition) is 2. The maximum absolute atomic E-state index is 15.2. The Balaban J connectivity index is 1.28. The van der Waals surface area contributed by atoms with E-state index in [-0.39, 0.29) is 35.0 Å². The minimum absolute atomic E-state index is 0.0434. The normalized spacial score (nSPS) is 18.8. The summed E-state index contributed by atoms with van der Waals surface area (Å²) in [5.74, 6) is -3.35. The Morgan fingerprint density at radius 2 is 1.46 bits per heavy atom. The summed E-state index contributed by atoms with van der Waals surface area (Å²) in [6.45, 7) is 3.96. The molecule has 3 aromatic rings. The molecule has 0 spiro atoms. The maximum Gasteiger partial charge on any atom is 0.383 e. The molecule has 7 heteroatoms. The van der Waals surface area contributed by atoms with Gasteiger partial charge < -0.3 is 9.47 Å². The molecule has 1 fully saturated rings. The average Bonchev–Trinajstić information content (AvgIpc) is 2.93. The van der Waals surface area contributed by atoms with E-state index >= 15 is 8.78 Å². The third kappa shape index (κ3) is 5.56. The SMILES string of the molecule is CCCc1ccc(C(F)(F)OC2CCC(c3cc4c(c(F)c3F)Oc3c(ccc(CCC)c3F)C4)CC2)cc1. The van der Waals surface area contributed by atoms with E-state index in [1.54, 1.807) is 30.3 Å². The summed E-state index contributed by atoms with van der Waals surface area (Å²) in [4.78, 5) is 0. The highest BCUT2D eigenvalue weighted by Gasteiger charge is 2.38. The highest BCUT2D eigenvalue weighted by atomic mass is 19.3. The van der Waals surface area contributed by atoms with Crippen LogP contribution >= 0.6 is 0 Å². The second-order valence-electron chi connectivity index (χ2n) is 10.7. The molecule has 1 heterocycles. The molecule has 208 valence electrons. The number of alkyl halides is 2. The van der Waals surface area contributed by atoms with Gasteiger partial charge in [0.05, 0.1) is 11.7 Å². The molecule has 3 aromatic carbocycles. The summed E-state index contributed by atoms with van der Waals surface area (Å²) >= 11 is 0. The van der Waals surface area contributed by atoms with Crippen molar-refractivity contribution in [2.24, 2.45) is 0 Å². The quantitative estimate of drug-likeness (QED) is 0.206. The zero-order chi connectivity index (χ0) is 27.7. The third-order valence-corrected chi connectivity index (χ3v) is 7.89. The van der Waals surface area contributed by atoms with Crippen molar-refractivity contribution in [2.75, 3.05) is 0 Å². The summed E-state index contributed by atoms with van der Waals surface area (Å²) in [6, 6.07) is 11.3. The van der Waals surface area contributed by atoms with Gasteiger partial charge in [-0.1, -0.05) is 63.1 Å². The molecule has 0 radical (unpaired) electrons. The Morgan fingerprint density at radius 3 is 2.13 bits per heavy atom. The number of benzene rings is 3. The van der Waals surface area contributed by atoms with Crippen LogP contribution in [0.1, 0.15) is 91.7 Å². The first-order chi connectivity index (χ1) is 18.7. The molecule has 1 aliphatic carbocycles. The summed E-state index contributed by atoms with van der Waals surface area (Å²) in [7, 11) is 0. The Bertz CT molecular complexity index is 1330. The number of aryl methyl sites for hydroxylation is 2. The monoisotopic (exact) mass is 544 g/mol. The number of fused-ring (bicyclic) bond motifs is 2. The molecule has 0 unspecified atom stereocenters. The maximum atomic E-state index is 15.2. The van der Waals surface area contributed by atoms with Crippen molar-refractivity contribution < 1.29 is 31.4 Å². The van der Waals surface area contributed by atoms with Crippen LogP contribution in [0.25, 0.3) is 0 Å². The Hall–Kier alpha value is -2.93. The van der Waals surface area contributed by atoms with Gasteiger partial charge in [0.1, 0.15) is 0 Å². The third-order valence-electron chi connectivity index (χ3n) is 7.89. The average molecular weight is 545 g/mol. The Labute approximate surface area is 226 Å². The van der Waals surface area contributed by atoms with Crippen LogP contribution in [-0.2, 0) is 30.1 Å². The molecule has 0 atom stereocenters. The van der Waals surface area contributed by atoms with Gasteiger partial charge >= 0.3 is 6.11 Å². The van der Waals surface area contributed by atoms with Gasteiger partial charge in [-0.05, 0) is 67.2 Å². The van der Waals surface area contributed by atoms with Gasteiger partial charge in [0, 0.05) is 17.5 Å². The highest BCUT2D eigenvalue weighted by molar-refractivity contribution is 5.54. The molecular weight excluding hydrogens is 511 g/mol. The molecule has 39 heavy (non-hydrogen) atoms. The number of ether oxygens (including phenoxy) is 2. The standard InChI is InChI=1S/C32H33F5O2/c1-3-5-19-7-13-24(14-8-19)32(36,37)39-25-15-11-20(12-16-25)26-18-23-17-22-10-9-21(6-4-2)27(33)30(22)38-31(23)29(35)28(26)34/h7-10,13-14,18,20,25H,3-6,11-12,15-17H2,1-2H3. The zero-order valence-electron chi connectivity index (χ0n) is 22.3. The van der Waals surface area contributed by atoms with Gasteiger partial charge in [-0.25, -0.2) is 8.78 Å². The molecule has 5 rings (SSSR count). The Kier molecular flexibility index (Phi) is 7.99.